The molecular weight excluding hydrogens is 278 g/mol. The largest absolute Gasteiger partial charge is 0.398 e. The molecule has 1 aromatic rings. The van der Waals surface area contributed by atoms with E-state index in [9.17, 15) is 9.59 Å². The van der Waals surface area contributed by atoms with Gasteiger partial charge in [-0.25, -0.2) is 0 Å². The van der Waals surface area contributed by atoms with Crippen LogP contribution < -0.4 is 11.1 Å². The van der Waals surface area contributed by atoms with Crippen molar-refractivity contribution in [3.63, 3.8) is 0 Å². The van der Waals surface area contributed by atoms with Crippen molar-refractivity contribution in [3.05, 3.63) is 29.8 Å². The predicted octanol–water partition coefficient (Wildman–Crippen LogP) is 1.43. The Bertz CT molecular complexity index is 485. The number of halogens is 1. The Hall–Kier alpha value is -1.75. The Morgan fingerprint density at radius 3 is 2.40 bits per heavy atom. The first-order chi connectivity index (χ1) is 9.08. The van der Waals surface area contributed by atoms with Crippen LogP contribution in [-0.2, 0) is 4.79 Å². The second-order valence-corrected chi connectivity index (χ2v) is 4.84. The van der Waals surface area contributed by atoms with E-state index in [1.807, 2.05) is 0 Å². The van der Waals surface area contributed by atoms with Gasteiger partial charge < -0.3 is 16.0 Å². The van der Waals surface area contributed by atoms with Crippen molar-refractivity contribution < 1.29 is 9.59 Å². The number of likely N-dealkylation sites (tertiary alicyclic amines) is 1. The lowest BCUT2D eigenvalue weighted by molar-refractivity contribution is -0.129. The standard InChI is InChI=1S/C14H19N3O2.ClH/c1-10(18)17-8-6-11(7-9-17)16-14(19)12-4-2-3-5-13(12)15;/h2-5,11H,6-9,15H2,1H3,(H,16,19);1H. The molecule has 20 heavy (non-hydrogen) atoms. The Kier molecular flexibility index (Phi) is 5.82. The highest BCUT2D eigenvalue weighted by atomic mass is 35.5. The summed E-state index contributed by atoms with van der Waals surface area (Å²) >= 11 is 0. The second kappa shape index (κ2) is 7.14. The minimum absolute atomic E-state index is 0. The minimum atomic E-state index is -0.139. The maximum Gasteiger partial charge on any atom is 0.253 e. The quantitative estimate of drug-likeness (QED) is 0.811. The number of piperidine rings is 1. The molecule has 0 aliphatic carbocycles. The van der Waals surface area contributed by atoms with Gasteiger partial charge in [-0.05, 0) is 25.0 Å². The van der Waals surface area contributed by atoms with Gasteiger partial charge in [0, 0.05) is 31.7 Å². The van der Waals surface area contributed by atoms with Gasteiger partial charge >= 0.3 is 0 Å². The molecule has 0 unspecified atom stereocenters. The molecule has 0 aromatic heterocycles. The monoisotopic (exact) mass is 297 g/mol. The number of amides is 2. The molecule has 1 heterocycles. The predicted molar refractivity (Wildman–Crippen MR) is 80.8 cm³/mol. The van der Waals surface area contributed by atoms with Crippen molar-refractivity contribution in [1.82, 2.24) is 10.2 Å². The van der Waals surface area contributed by atoms with Crippen LogP contribution in [0, 0.1) is 0 Å². The molecule has 5 nitrogen and oxygen atoms in total. The number of hydrogen-bond acceptors (Lipinski definition) is 3. The first-order valence-corrected chi connectivity index (χ1v) is 6.49. The zero-order valence-electron chi connectivity index (χ0n) is 11.5. The average Bonchev–Trinajstić information content (AvgIpc) is 2.39. The molecule has 6 heteroatoms. The Morgan fingerprint density at radius 2 is 1.85 bits per heavy atom. The van der Waals surface area contributed by atoms with Gasteiger partial charge in [0.2, 0.25) is 5.91 Å². The van der Waals surface area contributed by atoms with Crippen molar-refractivity contribution in [2.45, 2.75) is 25.8 Å². The fourth-order valence-electron chi connectivity index (χ4n) is 2.31. The number of nitrogens with two attached hydrogens (primary N) is 1. The van der Waals surface area contributed by atoms with Gasteiger partial charge in [0.25, 0.3) is 5.91 Å². The maximum atomic E-state index is 12.1. The van der Waals surface area contributed by atoms with E-state index in [-0.39, 0.29) is 30.3 Å². The summed E-state index contributed by atoms with van der Waals surface area (Å²) in [6.45, 7) is 2.97. The lowest BCUT2D eigenvalue weighted by atomic mass is 10.0. The molecule has 0 bridgehead atoms. The SMILES string of the molecule is CC(=O)N1CCC(NC(=O)c2ccccc2N)CC1.Cl. The molecule has 1 fully saturated rings. The molecule has 1 saturated heterocycles. The van der Waals surface area contributed by atoms with Crippen molar-refractivity contribution in [2.24, 2.45) is 0 Å². The molecule has 1 aromatic carbocycles. The number of rotatable bonds is 2. The summed E-state index contributed by atoms with van der Waals surface area (Å²) in [6.07, 6.45) is 1.58. The molecule has 0 spiro atoms. The molecule has 2 amide bonds. The van der Waals surface area contributed by atoms with Crippen LogP contribution >= 0.6 is 12.4 Å². The third-order valence-corrected chi connectivity index (χ3v) is 3.48. The number of nitrogens with zero attached hydrogens (tertiary/aromatic N) is 1. The maximum absolute atomic E-state index is 12.1. The topological polar surface area (TPSA) is 75.4 Å². The molecule has 3 N–H and O–H groups in total. The fraction of sp³-hybridized carbons (Fsp3) is 0.429. The van der Waals surface area contributed by atoms with Crippen LogP contribution in [0.1, 0.15) is 30.1 Å². The van der Waals surface area contributed by atoms with Crippen LogP contribution in [0.3, 0.4) is 0 Å². The third-order valence-electron chi connectivity index (χ3n) is 3.48. The van der Waals surface area contributed by atoms with Crippen molar-refractivity contribution in [2.75, 3.05) is 18.8 Å². The number of carbonyl (C=O) groups excluding carboxylic acids is 2. The summed E-state index contributed by atoms with van der Waals surface area (Å²) in [5.41, 5.74) is 6.77. The number of para-hydroxylation sites is 1. The third kappa shape index (κ3) is 3.87. The number of nitrogen functional groups attached to an aromatic ring is 1. The Labute approximate surface area is 124 Å². The number of carbonyl (C=O) groups is 2. The van der Waals surface area contributed by atoms with Gasteiger partial charge in [-0.3, -0.25) is 9.59 Å². The number of anilines is 1. The average molecular weight is 298 g/mol. The van der Waals surface area contributed by atoms with Crippen LogP contribution in [0.15, 0.2) is 24.3 Å². The molecule has 0 radical (unpaired) electrons. The molecule has 0 atom stereocenters. The van der Waals surface area contributed by atoms with Gasteiger partial charge in [0.1, 0.15) is 0 Å². The molecule has 110 valence electrons. The summed E-state index contributed by atoms with van der Waals surface area (Å²) in [5.74, 6) is -0.0449. The van der Waals surface area contributed by atoms with Crippen LogP contribution in [0.4, 0.5) is 5.69 Å². The highest BCUT2D eigenvalue weighted by Crippen LogP contribution is 2.14. The van der Waals surface area contributed by atoms with Gasteiger partial charge in [0.05, 0.1) is 5.56 Å². The smallest absolute Gasteiger partial charge is 0.253 e. The van der Waals surface area contributed by atoms with E-state index in [1.54, 1.807) is 36.1 Å². The molecule has 1 aliphatic heterocycles. The van der Waals surface area contributed by atoms with E-state index >= 15 is 0 Å². The number of hydrogen-bond donors (Lipinski definition) is 2. The normalized spacial score (nSPS) is 15.3. The summed E-state index contributed by atoms with van der Waals surface area (Å²) in [4.78, 5) is 25.1. The van der Waals surface area contributed by atoms with Gasteiger partial charge in [-0.1, -0.05) is 12.1 Å². The van der Waals surface area contributed by atoms with Gasteiger partial charge in [-0.2, -0.15) is 0 Å². The van der Waals surface area contributed by atoms with Crippen LogP contribution in [-0.4, -0.2) is 35.8 Å². The molecule has 1 aliphatic rings. The zero-order chi connectivity index (χ0) is 13.8. The summed E-state index contributed by atoms with van der Waals surface area (Å²) < 4.78 is 0. The molecule has 2 rings (SSSR count). The summed E-state index contributed by atoms with van der Waals surface area (Å²) in [7, 11) is 0. The van der Waals surface area contributed by atoms with E-state index in [1.165, 1.54) is 0 Å². The van der Waals surface area contributed by atoms with Crippen molar-refractivity contribution >= 4 is 29.9 Å². The van der Waals surface area contributed by atoms with Crippen molar-refractivity contribution in [3.8, 4) is 0 Å². The lowest BCUT2D eigenvalue weighted by Crippen LogP contribution is -2.46. The lowest BCUT2D eigenvalue weighted by Gasteiger charge is -2.31. The van der Waals surface area contributed by atoms with E-state index in [0.29, 0.717) is 24.3 Å². The van der Waals surface area contributed by atoms with E-state index in [2.05, 4.69) is 5.32 Å². The summed E-state index contributed by atoms with van der Waals surface area (Å²) in [6, 6.07) is 7.15. The van der Waals surface area contributed by atoms with E-state index in [4.69, 9.17) is 5.73 Å². The highest BCUT2D eigenvalue weighted by Gasteiger charge is 2.22. The van der Waals surface area contributed by atoms with E-state index < -0.39 is 0 Å². The Balaban J connectivity index is 0.00000200. The number of nitrogens with one attached hydrogen (secondary N) is 1. The first-order valence-electron chi connectivity index (χ1n) is 6.49. The Morgan fingerprint density at radius 1 is 1.25 bits per heavy atom. The molecular formula is C14H20ClN3O2. The zero-order valence-corrected chi connectivity index (χ0v) is 12.3. The van der Waals surface area contributed by atoms with Gasteiger partial charge in [-0.15, -0.1) is 12.4 Å². The summed E-state index contributed by atoms with van der Waals surface area (Å²) in [5, 5.41) is 2.98. The van der Waals surface area contributed by atoms with Crippen molar-refractivity contribution in [1.29, 1.82) is 0 Å². The minimum Gasteiger partial charge on any atom is -0.398 e. The first kappa shape index (κ1) is 16.3. The van der Waals surface area contributed by atoms with Crippen LogP contribution in [0.2, 0.25) is 0 Å². The molecule has 0 saturated carbocycles. The number of benzene rings is 1. The second-order valence-electron chi connectivity index (χ2n) is 4.84. The highest BCUT2D eigenvalue weighted by molar-refractivity contribution is 5.99. The van der Waals surface area contributed by atoms with E-state index in [0.717, 1.165) is 12.8 Å². The van der Waals surface area contributed by atoms with Crippen LogP contribution in [0.25, 0.3) is 0 Å². The van der Waals surface area contributed by atoms with Crippen LogP contribution in [0.5, 0.6) is 0 Å². The fourth-order valence-corrected chi connectivity index (χ4v) is 2.31. The van der Waals surface area contributed by atoms with Gasteiger partial charge in [0.15, 0.2) is 0 Å².